The molecule has 0 spiro atoms. The van der Waals surface area contributed by atoms with Gasteiger partial charge in [-0.25, -0.2) is 9.78 Å². The molecule has 0 unspecified atom stereocenters. The molecule has 108 valence electrons. The molecule has 8 heteroatoms. The molecule has 20 heavy (non-hydrogen) atoms. The molecule has 1 rings (SSSR count). The number of nitrogens with one attached hydrogen (secondary N) is 2. The number of pyridine rings is 1. The van der Waals surface area contributed by atoms with Gasteiger partial charge in [0.1, 0.15) is 5.03 Å². The van der Waals surface area contributed by atoms with Crippen LogP contribution in [0.5, 0.6) is 0 Å². The average molecular weight is 297 g/mol. The van der Waals surface area contributed by atoms with Crippen LogP contribution in [-0.2, 0) is 9.59 Å². The Balaban J connectivity index is 2.79. The third-order valence-electron chi connectivity index (χ3n) is 2.24. The Hall–Kier alpha value is -2.09. The van der Waals surface area contributed by atoms with Crippen molar-refractivity contribution in [2.45, 2.75) is 25.8 Å². The Labute approximate surface area is 120 Å². The second-order valence-electron chi connectivity index (χ2n) is 4.08. The third kappa shape index (κ3) is 4.54. The van der Waals surface area contributed by atoms with E-state index in [0.29, 0.717) is 11.3 Å². The second-order valence-corrected chi connectivity index (χ2v) is 5.05. The van der Waals surface area contributed by atoms with Gasteiger partial charge in [0, 0.05) is 12.6 Å². The van der Waals surface area contributed by atoms with Crippen molar-refractivity contribution < 1.29 is 19.5 Å². The van der Waals surface area contributed by atoms with E-state index in [9.17, 15) is 14.4 Å². The van der Waals surface area contributed by atoms with Crippen molar-refractivity contribution in [3.8, 4) is 0 Å². The number of rotatable bonds is 4. The molecule has 1 heterocycles. The highest BCUT2D eigenvalue weighted by atomic mass is 32.2. The minimum Gasteiger partial charge on any atom is -0.478 e. The van der Waals surface area contributed by atoms with Gasteiger partial charge >= 0.3 is 5.97 Å². The summed E-state index contributed by atoms with van der Waals surface area (Å²) in [6, 6.07) is 1.67. The van der Waals surface area contributed by atoms with Crippen molar-refractivity contribution >= 4 is 29.5 Å². The predicted molar refractivity (Wildman–Crippen MR) is 73.4 cm³/mol. The minimum absolute atomic E-state index is 0.0452. The van der Waals surface area contributed by atoms with Crippen LogP contribution in [0.1, 0.15) is 28.5 Å². The molecule has 1 aromatic rings. The molecule has 0 aliphatic heterocycles. The van der Waals surface area contributed by atoms with Crippen molar-refractivity contribution in [1.82, 2.24) is 15.8 Å². The topological polar surface area (TPSA) is 108 Å². The fraction of sp³-hybridized carbons (Fsp3) is 0.333. The normalized spacial score (nSPS) is 9.95. The van der Waals surface area contributed by atoms with Gasteiger partial charge in [-0.05, 0) is 25.5 Å². The predicted octanol–water partition coefficient (Wildman–Crippen LogP) is 0.656. The zero-order valence-corrected chi connectivity index (χ0v) is 12.1. The lowest BCUT2D eigenvalue weighted by Crippen LogP contribution is -2.41. The summed E-state index contributed by atoms with van der Waals surface area (Å²) in [6.45, 7) is 4.70. The maximum absolute atomic E-state index is 11.4. The van der Waals surface area contributed by atoms with E-state index >= 15 is 0 Å². The second kappa shape index (κ2) is 6.90. The van der Waals surface area contributed by atoms with Gasteiger partial charge in [-0.2, -0.15) is 0 Å². The molecular weight excluding hydrogens is 282 g/mol. The number of aromatic nitrogens is 1. The van der Waals surface area contributed by atoms with Crippen LogP contribution in [0.15, 0.2) is 11.1 Å². The standard InChI is InChI=1S/C12H15N3O4S/c1-6-4-7(2)13-11(10(6)12(18)19)20-5-9(17)15-14-8(3)16/h4H,5H2,1-3H3,(H,14,16)(H,15,17)(H,18,19). The first kappa shape index (κ1) is 16.0. The summed E-state index contributed by atoms with van der Waals surface area (Å²) in [6.07, 6.45) is 0. The van der Waals surface area contributed by atoms with Gasteiger partial charge in [-0.3, -0.25) is 20.4 Å². The maximum atomic E-state index is 11.4. The Morgan fingerprint density at radius 1 is 1.30 bits per heavy atom. The Morgan fingerprint density at radius 2 is 1.95 bits per heavy atom. The Morgan fingerprint density at radius 3 is 2.50 bits per heavy atom. The van der Waals surface area contributed by atoms with Gasteiger partial charge in [-0.1, -0.05) is 11.8 Å². The highest BCUT2D eigenvalue weighted by Gasteiger charge is 2.17. The highest BCUT2D eigenvalue weighted by molar-refractivity contribution is 8.00. The van der Waals surface area contributed by atoms with E-state index < -0.39 is 11.9 Å². The van der Waals surface area contributed by atoms with E-state index in [-0.39, 0.29) is 22.2 Å². The number of carboxylic acids is 1. The van der Waals surface area contributed by atoms with Crippen molar-refractivity contribution in [1.29, 1.82) is 0 Å². The molecule has 0 saturated carbocycles. The van der Waals surface area contributed by atoms with Crippen molar-refractivity contribution in [2.24, 2.45) is 0 Å². The molecule has 0 aliphatic carbocycles. The van der Waals surface area contributed by atoms with Crippen LogP contribution >= 0.6 is 11.8 Å². The molecule has 0 atom stereocenters. The number of carbonyl (C=O) groups is 3. The first-order chi connectivity index (χ1) is 9.31. The zero-order valence-electron chi connectivity index (χ0n) is 11.3. The maximum Gasteiger partial charge on any atom is 0.338 e. The lowest BCUT2D eigenvalue weighted by Gasteiger charge is -2.09. The molecule has 3 N–H and O–H groups in total. The number of carbonyl (C=O) groups excluding carboxylic acids is 2. The van der Waals surface area contributed by atoms with E-state index in [1.54, 1.807) is 19.9 Å². The van der Waals surface area contributed by atoms with Gasteiger partial charge in [0.2, 0.25) is 11.8 Å². The first-order valence-corrected chi connectivity index (χ1v) is 6.69. The van der Waals surface area contributed by atoms with Gasteiger partial charge in [0.15, 0.2) is 0 Å². The van der Waals surface area contributed by atoms with Crippen LogP contribution in [-0.4, -0.2) is 33.6 Å². The van der Waals surface area contributed by atoms with E-state index in [2.05, 4.69) is 15.8 Å². The van der Waals surface area contributed by atoms with Crippen LogP contribution in [0.25, 0.3) is 0 Å². The fourth-order valence-corrected chi connectivity index (χ4v) is 2.44. The summed E-state index contributed by atoms with van der Waals surface area (Å²) in [5.74, 6) is -1.96. The van der Waals surface area contributed by atoms with Crippen LogP contribution in [0.3, 0.4) is 0 Å². The van der Waals surface area contributed by atoms with Gasteiger partial charge in [0.25, 0.3) is 0 Å². The van der Waals surface area contributed by atoms with Crippen molar-refractivity contribution in [2.75, 3.05) is 5.75 Å². The van der Waals surface area contributed by atoms with E-state index in [0.717, 1.165) is 11.8 Å². The monoisotopic (exact) mass is 297 g/mol. The zero-order chi connectivity index (χ0) is 15.3. The molecule has 0 radical (unpaired) electrons. The lowest BCUT2D eigenvalue weighted by atomic mass is 10.1. The number of hydrazine groups is 1. The van der Waals surface area contributed by atoms with Crippen LogP contribution < -0.4 is 10.9 Å². The summed E-state index contributed by atoms with van der Waals surface area (Å²) in [5.41, 5.74) is 5.71. The summed E-state index contributed by atoms with van der Waals surface area (Å²) in [7, 11) is 0. The Bertz CT molecular complexity index is 560. The summed E-state index contributed by atoms with van der Waals surface area (Å²) >= 11 is 1.01. The molecule has 0 fully saturated rings. The van der Waals surface area contributed by atoms with Crippen molar-refractivity contribution in [3.63, 3.8) is 0 Å². The first-order valence-electron chi connectivity index (χ1n) is 5.71. The number of aromatic carboxylic acids is 1. The number of thioether (sulfide) groups is 1. The third-order valence-corrected chi connectivity index (χ3v) is 3.22. The summed E-state index contributed by atoms with van der Waals surface area (Å²) < 4.78 is 0. The number of nitrogens with zero attached hydrogens (tertiary/aromatic N) is 1. The molecule has 2 amide bonds. The van der Waals surface area contributed by atoms with Gasteiger partial charge in [0.05, 0.1) is 11.3 Å². The van der Waals surface area contributed by atoms with E-state index in [1.807, 2.05) is 0 Å². The SMILES string of the molecule is CC(=O)NNC(=O)CSc1nc(C)cc(C)c1C(=O)O. The van der Waals surface area contributed by atoms with Crippen LogP contribution in [0, 0.1) is 13.8 Å². The number of aryl methyl sites for hydroxylation is 2. The number of amides is 2. The molecule has 0 bridgehead atoms. The molecule has 1 aromatic heterocycles. The van der Waals surface area contributed by atoms with Crippen molar-refractivity contribution in [3.05, 3.63) is 22.9 Å². The van der Waals surface area contributed by atoms with Crippen LogP contribution in [0.2, 0.25) is 0 Å². The highest BCUT2D eigenvalue weighted by Crippen LogP contribution is 2.24. The van der Waals surface area contributed by atoms with Gasteiger partial charge in [-0.15, -0.1) is 0 Å². The number of carboxylic acid groups (broad SMARTS) is 1. The minimum atomic E-state index is -1.08. The summed E-state index contributed by atoms with van der Waals surface area (Å²) in [5, 5.41) is 9.45. The summed E-state index contributed by atoms with van der Waals surface area (Å²) in [4.78, 5) is 37.4. The van der Waals surface area contributed by atoms with Gasteiger partial charge < -0.3 is 5.11 Å². The number of hydrogen-bond donors (Lipinski definition) is 3. The van der Waals surface area contributed by atoms with E-state index in [1.165, 1.54) is 6.92 Å². The average Bonchev–Trinajstić information content (AvgIpc) is 2.32. The lowest BCUT2D eigenvalue weighted by molar-refractivity contribution is -0.126. The molecule has 7 nitrogen and oxygen atoms in total. The molecule has 0 aliphatic rings. The largest absolute Gasteiger partial charge is 0.478 e. The quantitative estimate of drug-likeness (QED) is 0.556. The molecule has 0 saturated heterocycles. The molecular formula is C12H15N3O4S. The molecule has 0 aromatic carbocycles. The van der Waals surface area contributed by atoms with Crippen LogP contribution in [0.4, 0.5) is 0 Å². The smallest absolute Gasteiger partial charge is 0.338 e. The number of hydrogen-bond acceptors (Lipinski definition) is 5. The Kier molecular flexibility index (Phi) is 5.51. The fourth-order valence-electron chi connectivity index (χ4n) is 1.49. The van der Waals surface area contributed by atoms with E-state index in [4.69, 9.17) is 5.11 Å².